The molecule has 0 fully saturated rings. The van der Waals surface area contributed by atoms with E-state index in [2.05, 4.69) is 9.97 Å². The average molecular weight is 364 g/mol. The Morgan fingerprint density at radius 3 is 2.33 bits per heavy atom. The van der Waals surface area contributed by atoms with Crippen LogP contribution in [0.5, 0.6) is 0 Å². The normalized spacial score (nSPS) is 10.9. The zero-order valence-corrected chi connectivity index (χ0v) is 15.1. The first-order chi connectivity index (χ1) is 12.9. The summed E-state index contributed by atoms with van der Waals surface area (Å²) in [5.74, 6) is -0.362. The molecule has 0 bridgehead atoms. The lowest BCUT2D eigenvalue weighted by Gasteiger charge is -2.26. The summed E-state index contributed by atoms with van der Waals surface area (Å²) in [5.41, 5.74) is 6.34. The Morgan fingerprint density at radius 2 is 1.70 bits per heavy atom. The Bertz CT molecular complexity index is 1050. The van der Waals surface area contributed by atoms with Gasteiger partial charge >= 0.3 is 0 Å². The van der Waals surface area contributed by atoms with Gasteiger partial charge in [0.15, 0.2) is 0 Å². The fourth-order valence-corrected chi connectivity index (χ4v) is 2.80. The molecule has 7 nitrogen and oxygen atoms in total. The van der Waals surface area contributed by atoms with Crippen molar-refractivity contribution < 1.29 is 9.59 Å². The lowest BCUT2D eigenvalue weighted by Crippen LogP contribution is -2.37. The van der Waals surface area contributed by atoms with E-state index in [0.29, 0.717) is 27.9 Å². The van der Waals surface area contributed by atoms with Gasteiger partial charge in [-0.1, -0.05) is 12.1 Å². The van der Waals surface area contributed by atoms with Crippen molar-refractivity contribution in [2.45, 2.75) is 26.4 Å². The van der Waals surface area contributed by atoms with Gasteiger partial charge in [0.1, 0.15) is 5.82 Å². The number of nitrogens with zero attached hydrogens (tertiary/aromatic N) is 2. The summed E-state index contributed by atoms with van der Waals surface area (Å²) in [6, 6.07) is 13.1. The molecule has 3 N–H and O–H groups in total. The minimum Gasteiger partial charge on any atom is -0.366 e. The Morgan fingerprint density at radius 1 is 1.07 bits per heavy atom. The second-order valence-electron chi connectivity index (χ2n) is 6.50. The van der Waals surface area contributed by atoms with Gasteiger partial charge in [0.2, 0.25) is 5.91 Å². The number of aromatic nitrogens is 2. The lowest BCUT2D eigenvalue weighted by atomic mass is 10.1. The minimum absolute atomic E-state index is 0.120. The molecule has 1 aromatic heterocycles. The number of benzene rings is 2. The van der Waals surface area contributed by atoms with Crippen molar-refractivity contribution in [2.75, 3.05) is 0 Å². The Labute approximate surface area is 155 Å². The zero-order valence-electron chi connectivity index (χ0n) is 15.1. The maximum atomic E-state index is 12.9. The second kappa shape index (κ2) is 7.41. The van der Waals surface area contributed by atoms with E-state index in [1.54, 1.807) is 35.2 Å². The molecule has 27 heavy (non-hydrogen) atoms. The number of carbonyl (C=O) groups excluding carboxylic acids is 2. The van der Waals surface area contributed by atoms with Crippen molar-refractivity contribution in [1.29, 1.82) is 0 Å². The maximum absolute atomic E-state index is 12.9. The van der Waals surface area contributed by atoms with Crippen LogP contribution in [-0.4, -0.2) is 32.7 Å². The smallest absolute Gasteiger partial charge is 0.258 e. The highest BCUT2D eigenvalue weighted by molar-refractivity contribution is 5.97. The number of para-hydroxylation sites is 1. The van der Waals surface area contributed by atoms with Crippen LogP contribution < -0.4 is 11.3 Å². The van der Waals surface area contributed by atoms with Gasteiger partial charge in [0, 0.05) is 17.2 Å². The van der Waals surface area contributed by atoms with Gasteiger partial charge in [0.25, 0.3) is 11.5 Å². The first-order valence-corrected chi connectivity index (χ1v) is 8.55. The molecule has 0 aliphatic rings. The van der Waals surface area contributed by atoms with E-state index in [0.717, 1.165) is 0 Å². The summed E-state index contributed by atoms with van der Waals surface area (Å²) in [6.07, 6.45) is 0. The third-order valence-electron chi connectivity index (χ3n) is 4.28. The molecule has 0 aliphatic heterocycles. The molecule has 3 aromatic rings. The molecule has 7 heteroatoms. The standard InChI is InChI=1S/C20H20N4O3/c1-12(2)24(20(27)14-9-7-13(8-10-14)18(21)25)11-17-22-16-6-4-3-5-15(16)19(26)23-17/h3-10,12H,11H2,1-2H3,(H2,21,25)(H,22,23,26). The Balaban J connectivity index is 1.91. The van der Waals surface area contributed by atoms with E-state index in [1.807, 2.05) is 19.9 Å². The van der Waals surface area contributed by atoms with Crippen LogP contribution in [0.2, 0.25) is 0 Å². The molecule has 0 saturated carbocycles. The number of amides is 2. The second-order valence-corrected chi connectivity index (χ2v) is 6.50. The third-order valence-corrected chi connectivity index (χ3v) is 4.28. The van der Waals surface area contributed by atoms with Crippen molar-refractivity contribution in [2.24, 2.45) is 5.73 Å². The number of carbonyl (C=O) groups is 2. The molecule has 0 radical (unpaired) electrons. The number of fused-ring (bicyclic) bond motifs is 1. The predicted octanol–water partition coefficient (Wildman–Crippen LogP) is 2.07. The quantitative estimate of drug-likeness (QED) is 0.722. The molecule has 0 saturated heterocycles. The minimum atomic E-state index is -0.548. The van der Waals surface area contributed by atoms with Gasteiger partial charge in [-0.2, -0.15) is 0 Å². The summed E-state index contributed by atoms with van der Waals surface area (Å²) >= 11 is 0. The summed E-state index contributed by atoms with van der Waals surface area (Å²) < 4.78 is 0. The number of primary amides is 1. The van der Waals surface area contributed by atoms with Crippen LogP contribution in [0.15, 0.2) is 53.3 Å². The van der Waals surface area contributed by atoms with Crippen LogP contribution in [0.3, 0.4) is 0 Å². The van der Waals surface area contributed by atoms with E-state index in [-0.39, 0.29) is 24.1 Å². The van der Waals surface area contributed by atoms with Crippen molar-refractivity contribution in [3.05, 3.63) is 75.8 Å². The lowest BCUT2D eigenvalue weighted by molar-refractivity contribution is 0.0684. The summed E-state index contributed by atoms with van der Waals surface area (Å²) in [6.45, 7) is 3.93. The highest BCUT2D eigenvalue weighted by atomic mass is 16.2. The largest absolute Gasteiger partial charge is 0.366 e. The van der Waals surface area contributed by atoms with Crippen LogP contribution in [0.4, 0.5) is 0 Å². The summed E-state index contributed by atoms with van der Waals surface area (Å²) in [7, 11) is 0. The molecular formula is C20H20N4O3. The number of rotatable bonds is 5. The third kappa shape index (κ3) is 3.87. The van der Waals surface area contributed by atoms with Crippen LogP contribution in [0.1, 0.15) is 40.4 Å². The number of H-pyrrole nitrogens is 1. The number of hydrogen-bond acceptors (Lipinski definition) is 4. The van der Waals surface area contributed by atoms with E-state index >= 15 is 0 Å². The van der Waals surface area contributed by atoms with Gasteiger partial charge in [-0.3, -0.25) is 14.4 Å². The zero-order chi connectivity index (χ0) is 19.6. The molecule has 2 amide bonds. The monoisotopic (exact) mass is 364 g/mol. The number of nitrogens with two attached hydrogens (primary N) is 1. The maximum Gasteiger partial charge on any atom is 0.258 e. The fraction of sp³-hybridized carbons (Fsp3) is 0.200. The number of nitrogens with one attached hydrogen (secondary N) is 1. The van der Waals surface area contributed by atoms with Gasteiger partial charge in [-0.15, -0.1) is 0 Å². The summed E-state index contributed by atoms with van der Waals surface area (Å²) in [5, 5.41) is 0.505. The molecule has 0 aliphatic carbocycles. The molecule has 0 atom stereocenters. The Hall–Kier alpha value is -3.48. The van der Waals surface area contributed by atoms with Crippen molar-refractivity contribution >= 4 is 22.7 Å². The van der Waals surface area contributed by atoms with E-state index in [4.69, 9.17) is 5.73 Å². The van der Waals surface area contributed by atoms with Crippen molar-refractivity contribution in [1.82, 2.24) is 14.9 Å². The van der Waals surface area contributed by atoms with Gasteiger partial charge in [-0.25, -0.2) is 4.98 Å². The average Bonchev–Trinajstić information content (AvgIpc) is 2.65. The topological polar surface area (TPSA) is 109 Å². The van der Waals surface area contributed by atoms with Gasteiger partial charge in [-0.05, 0) is 50.2 Å². The molecule has 1 heterocycles. The van der Waals surface area contributed by atoms with E-state index < -0.39 is 5.91 Å². The van der Waals surface area contributed by atoms with Gasteiger partial charge < -0.3 is 15.6 Å². The molecule has 138 valence electrons. The fourth-order valence-electron chi connectivity index (χ4n) is 2.80. The molecule has 3 rings (SSSR count). The first kappa shape index (κ1) is 18.3. The highest BCUT2D eigenvalue weighted by Crippen LogP contribution is 2.14. The Kier molecular flexibility index (Phi) is 5.03. The van der Waals surface area contributed by atoms with Crippen LogP contribution >= 0.6 is 0 Å². The van der Waals surface area contributed by atoms with Crippen LogP contribution in [0, 0.1) is 0 Å². The predicted molar refractivity (Wildman–Crippen MR) is 102 cm³/mol. The van der Waals surface area contributed by atoms with E-state index in [1.165, 1.54) is 12.1 Å². The molecule has 0 unspecified atom stereocenters. The molecule has 0 spiro atoms. The van der Waals surface area contributed by atoms with E-state index in [9.17, 15) is 14.4 Å². The van der Waals surface area contributed by atoms with Crippen LogP contribution in [0.25, 0.3) is 10.9 Å². The number of aromatic amines is 1. The van der Waals surface area contributed by atoms with Gasteiger partial charge in [0.05, 0.1) is 17.4 Å². The van der Waals surface area contributed by atoms with Crippen LogP contribution in [-0.2, 0) is 6.54 Å². The van der Waals surface area contributed by atoms with Crippen molar-refractivity contribution in [3.63, 3.8) is 0 Å². The number of hydrogen-bond donors (Lipinski definition) is 2. The first-order valence-electron chi connectivity index (χ1n) is 8.55. The summed E-state index contributed by atoms with van der Waals surface area (Å²) in [4.78, 5) is 45.2. The van der Waals surface area contributed by atoms with Crippen molar-refractivity contribution in [3.8, 4) is 0 Å². The molecule has 2 aromatic carbocycles. The molecular weight excluding hydrogens is 344 g/mol. The highest BCUT2D eigenvalue weighted by Gasteiger charge is 2.20. The SMILES string of the molecule is CC(C)N(Cc1nc2ccccc2c(=O)[nH]1)C(=O)c1ccc(C(N)=O)cc1.